The van der Waals surface area contributed by atoms with E-state index in [4.69, 9.17) is 0 Å². The maximum absolute atomic E-state index is 13.0. The predicted octanol–water partition coefficient (Wildman–Crippen LogP) is 2.36. The van der Waals surface area contributed by atoms with Crippen LogP contribution in [0.25, 0.3) is 0 Å². The summed E-state index contributed by atoms with van der Waals surface area (Å²) in [5.41, 5.74) is 1.23. The summed E-state index contributed by atoms with van der Waals surface area (Å²) in [4.78, 5) is 16.9. The average molecular weight is 315 g/mol. The van der Waals surface area contributed by atoms with Gasteiger partial charge in [-0.1, -0.05) is 6.07 Å². The van der Waals surface area contributed by atoms with Gasteiger partial charge in [0.1, 0.15) is 0 Å². The molecule has 0 spiro atoms. The summed E-state index contributed by atoms with van der Waals surface area (Å²) in [7, 11) is 2.14. The third-order valence-electron chi connectivity index (χ3n) is 4.15. The molecule has 1 aliphatic heterocycles. The van der Waals surface area contributed by atoms with Crippen LogP contribution in [0, 0.1) is 11.7 Å². The first-order valence-corrected chi connectivity index (χ1v) is 8.00. The van der Waals surface area contributed by atoms with Crippen LogP contribution in [-0.4, -0.2) is 46.5 Å². The predicted molar refractivity (Wildman–Crippen MR) is 87.5 cm³/mol. The Labute approximate surface area is 136 Å². The molecule has 1 fully saturated rings. The SMILES string of the molecule is CN(Cc1cccnc1)CC1CCCN(c2ncc(F)cn2)C1. The Bertz CT molecular complexity index is 604. The fraction of sp³-hybridized carbons (Fsp3) is 0.471. The highest BCUT2D eigenvalue weighted by Crippen LogP contribution is 2.21. The molecule has 1 aliphatic rings. The zero-order valence-electron chi connectivity index (χ0n) is 13.4. The Morgan fingerprint density at radius 1 is 1.30 bits per heavy atom. The summed E-state index contributed by atoms with van der Waals surface area (Å²) in [6.07, 6.45) is 8.50. The van der Waals surface area contributed by atoms with Gasteiger partial charge in [-0.3, -0.25) is 4.98 Å². The van der Waals surface area contributed by atoms with Gasteiger partial charge in [0.15, 0.2) is 5.82 Å². The number of hydrogen-bond donors (Lipinski definition) is 0. The molecule has 1 unspecified atom stereocenters. The van der Waals surface area contributed by atoms with Crippen molar-refractivity contribution in [1.82, 2.24) is 19.9 Å². The molecule has 0 amide bonds. The van der Waals surface area contributed by atoms with Crippen LogP contribution in [-0.2, 0) is 6.54 Å². The van der Waals surface area contributed by atoms with E-state index in [0.717, 1.165) is 32.6 Å². The average Bonchev–Trinajstić information content (AvgIpc) is 2.56. The summed E-state index contributed by atoms with van der Waals surface area (Å²) in [5.74, 6) is 0.809. The van der Waals surface area contributed by atoms with Gasteiger partial charge in [0.2, 0.25) is 5.95 Å². The molecule has 1 atom stereocenters. The molecule has 6 heteroatoms. The minimum absolute atomic E-state index is 0.390. The molecule has 2 aromatic heterocycles. The fourth-order valence-corrected chi connectivity index (χ4v) is 3.17. The lowest BCUT2D eigenvalue weighted by Crippen LogP contribution is -2.40. The largest absolute Gasteiger partial charge is 0.341 e. The molecule has 2 aromatic rings. The van der Waals surface area contributed by atoms with Crippen molar-refractivity contribution in [1.29, 1.82) is 0 Å². The van der Waals surface area contributed by atoms with Crippen LogP contribution in [0.2, 0.25) is 0 Å². The van der Waals surface area contributed by atoms with Crippen LogP contribution in [0.15, 0.2) is 36.9 Å². The number of anilines is 1. The van der Waals surface area contributed by atoms with Gasteiger partial charge < -0.3 is 9.80 Å². The van der Waals surface area contributed by atoms with Gasteiger partial charge in [0, 0.05) is 38.6 Å². The van der Waals surface area contributed by atoms with E-state index in [9.17, 15) is 4.39 Å². The molecular weight excluding hydrogens is 293 g/mol. The van der Waals surface area contributed by atoms with E-state index in [-0.39, 0.29) is 0 Å². The Hall–Kier alpha value is -2.08. The van der Waals surface area contributed by atoms with E-state index in [2.05, 4.69) is 37.9 Å². The van der Waals surface area contributed by atoms with Crippen LogP contribution in [0.5, 0.6) is 0 Å². The van der Waals surface area contributed by atoms with Gasteiger partial charge in [-0.05, 0) is 37.4 Å². The molecule has 0 bridgehead atoms. The number of rotatable bonds is 5. The first-order chi connectivity index (χ1) is 11.2. The maximum Gasteiger partial charge on any atom is 0.225 e. The fourth-order valence-electron chi connectivity index (χ4n) is 3.17. The standard InChI is InChI=1S/C17H22FN5/c1-22(11-14-4-2-6-19-8-14)12-15-5-3-7-23(13-15)17-20-9-16(18)10-21-17/h2,4,6,8-10,15H,3,5,7,11-13H2,1H3. The molecular formula is C17H22FN5. The van der Waals surface area contributed by atoms with E-state index in [1.807, 2.05) is 12.3 Å². The number of piperidine rings is 1. The van der Waals surface area contributed by atoms with Crippen LogP contribution < -0.4 is 4.90 Å². The Morgan fingerprint density at radius 2 is 2.13 bits per heavy atom. The number of nitrogens with zero attached hydrogens (tertiary/aromatic N) is 5. The first kappa shape index (κ1) is 15.8. The Balaban J connectivity index is 1.55. The summed E-state index contributed by atoms with van der Waals surface area (Å²) in [6.45, 7) is 3.78. The van der Waals surface area contributed by atoms with Crippen molar-refractivity contribution in [2.24, 2.45) is 5.92 Å². The second kappa shape index (κ2) is 7.46. The monoisotopic (exact) mass is 315 g/mol. The van der Waals surface area contributed by atoms with Gasteiger partial charge in [0.05, 0.1) is 12.4 Å². The molecule has 0 aliphatic carbocycles. The number of hydrogen-bond acceptors (Lipinski definition) is 5. The van der Waals surface area contributed by atoms with Crippen molar-refractivity contribution in [3.05, 3.63) is 48.3 Å². The summed E-state index contributed by atoms with van der Waals surface area (Å²) < 4.78 is 13.0. The van der Waals surface area contributed by atoms with Gasteiger partial charge in [-0.25, -0.2) is 14.4 Å². The van der Waals surface area contributed by atoms with Crippen molar-refractivity contribution in [3.8, 4) is 0 Å². The number of aromatic nitrogens is 3. The van der Waals surface area contributed by atoms with Crippen molar-refractivity contribution in [2.75, 3.05) is 31.6 Å². The topological polar surface area (TPSA) is 45.2 Å². The van der Waals surface area contributed by atoms with Gasteiger partial charge in [-0.15, -0.1) is 0 Å². The van der Waals surface area contributed by atoms with Crippen LogP contribution >= 0.6 is 0 Å². The number of pyridine rings is 1. The van der Waals surface area contributed by atoms with E-state index in [1.54, 1.807) is 6.20 Å². The zero-order valence-corrected chi connectivity index (χ0v) is 13.4. The van der Waals surface area contributed by atoms with Crippen molar-refractivity contribution < 1.29 is 4.39 Å². The van der Waals surface area contributed by atoms with Gasteiger partial charge in [0.25, 0.3) is 0 Å². The highest BCUT2D eigenvalue weighted by Gasteiger charge is 2.22. The van der Waals surface area contributed by atoms with Crippen molar-refractivity contribution in [3.63, 3.8) is 0 Å². The summed E-state index contributed by atoms with van der Waals surface area (Å²) in [6, 6.07) is 4.07. The smallest absolute Gasteiger partial charge is 0.225 e. The van der Waals surface area contributed by atoms with E-state index in [1.165, 1.54) is 24.4 Å². The second-order valence-electron chi connectivity index (χ2n) is 6.21. The molecule has 23 heavy (non-hydrogen) atoms. The minimum Gasteiger partial charge on any atom is -0.341 e. The van der Waals surface area contributed by atoms with Crippen LogP contribution in [0.1, 0.15) is 18.4 Å². The van der Waals surface area contributed by atoms with Crippen molar-refractivity contribution in [2.45, 2.75) is 19.4 Å². The minimum atomic E-state index is -0.390. The van der Waals surface area contributed by atoms with E-state index >= 15 is 0 Å². The van der Waals surface area contributed by atoms with E-state index in [0.29, 0.717) is 11.9 Å². The van der Waals surface area contributed by atoms with Gasteiger partial charge in [-0.2, -0.15) is 0 Å². The second-order valence-corrected chi connectivity index (χ2v) is 6.21. The molecule has 0 saturated carbocycles. The molecule has 3 rings (SSSR count). The molecule has 122 valence electrons. The molecule has 0 aromatic carbocycles. The molecule has 3 heterocycles. The highest BCUT2D eigenvalue weighted by molar-refractivity contribution is 5.29. The molecule has 0 N–H and O–H groups in total. The Morgan fingerprint density at radius 3 is 2.87 bits per heavy atom. The number of halogens is 1. The van der Waals surface area contributed by atoms with Crippen LogP contribution in [0.3, 0.4) is 0 Å². The summed E-state index contributed by atoms with van der Waals surface area (Å²) in [5, 5.41) is 0. The summed E-state index contributed by atoms with van der Waals surface area (Å²) >= 11 is 0. The molecule has 0 radical (unpaired) electrons. The Kier molecular flexibility index (Phi) is 5.12. The maximum atomic E-state index is 13.0. The lowest BCUT2D eigenvalue weighted by Gasteiger charge is -2.34. The lowest BCUT2D eigenvalue weighted by molar-refractivity contribution is 0.247. The normalized spacial score (nSPS) is 18.4. The molecule has 5 nitrogen and oxygen atoms in total. The van der Waals surface area contributed by atoms with Crippen LogP contribution in [0.4, 0.5) is 10.3 Å². The highest BCUT2D eigenvalue weighted by atomic mass is 19.1. The lowest BCUT2D eigenvalue weighted by atomic mass is 9.97. The van der Waals surface area contributed by atoms with Crippen molar-refractivity contribution >= 4 is 5.95 Å². The zero-order chi connectivity index (χ0) is 16.1. The third kappa shape index (κ3) is 4.45. The molecule has 1 saturated heterocycles. The van der Waals surface area contributed by atoms with E-state index < -0.39 is 5.82 Å². The third-order valence-corrected chi connectivity index (χ3v) is 4.15. The van der Waals surface area contributed by atoms with Gasteiger partial charge >= 0.3 is 0 Å². The quantitative estimate of drug-likeness (QED) is 0.847. The first-order valence-electron chi connectivity index (χ1n) is 8.00.